The summed E-state index contributed by atoms with van der Waals surface area (Å²) in [6.45, 7) is 0. The van der Waals surface area contributed by atoms with Crippen LogP contribution in [-0.4, -0.2) is 0 Å². The minimum atomic E-state index is 0. The van der Waals surface area contributed by atoms with E-state index in [9.17, 15) is 0 Å². The molecule has 0 spiro atoms. The van der Waals surface area contributed by atoms with Crippen molar-refractivity contribution in [3.63, 3.8) is 0 Å². The molecule has 60 heavy (non-hydrogen) atoms. The first-order valence-corrected chi connectivity index (χ1v) is 19.7. The maximum atomic E-state index is 2.22. The fourth-order valence-corrected chi connectivity index (χ4v) is 7.44. The first-order valence-electron chi connectivity index (χ1n) is 19.7. The Hall–Kier alpha value is -4.37. The van der Waals surface area contributed by atoms with E-state index in [1.54, 1.807) is 0 Å². The number of hydrogen-bond donors (Lipinski definition) is 0. The molecule has 0 amide bonds. The minimum absolute atomic E-state index is 0. The third-order valence-electron chi connectivity index (χ3n) is 10.2. The zero-order chi connectivity index (χ0) is 38.0. The quantitative estimate of drug-likeness (QED) is 0.118. The molecule has 0 nitrogen and oxygen atoms in total. The van der Waals surface area contributed by atoms with Crippen molar-refractivity contribution in [2.75, 3.05) is 0 Å². The monoisotopic (exact) mass is 748 g/mol. The third kappa shape index (κ3) is 14.4. The van der Waals surface area contributed by atoms with E-state index in [0.717, 1.165) is 25.7 Å². The Morgan fingerprint density at radius 2 is 0.267 bits per heavy atom. The van der Waals surface area contributed by atoms with Crippen LogP contribution in [0.25, 0.3) is 0 Å². The van der Waals surface area contributed by atoms with Crippen LogP contribution in [0.3, 0.4) is 0 Å². The van der Waals surface area contributed by atoms with Crippen LogP contribution in [0.4, 0.5) is 0 Å². The van der Waals surface area contributed by atoms with Gasteiger partial charge in [-0.2, -0.15) is 0 Å². The van der Waals surface area contributed by atoms with Crippen LogP contribution >= 0.6 is 0 Å². The van der Waals surface area contributed by atoms with Gasteiger partial charge in [0.2, 0.25) is 0 Å². The SMILES string of the molecule is [Li+].[Li+].[Li+].[Li+].c1ccc([C-](CC[C-](c2ccccc2)c2ccccc2)c2ccccc2)cc1.c1ccc([C-](CC[C-](c2ccccc2)c2ccccc2)c2ccccc2)cc1. The summed E-state index contributed by atoms with van der Waals surface area (Å²) < 4.78 is 0. The van der Waals surface area contributed by atoms with Crippen molar-refractivity contribution in [3.05, 3.63) is 311 Å². The van der Waals surface area contributed by atoms with Crippen LogP contribution in [0.5, 0.6) is 0 Å². The Morgan fingerprint density at radius 1 is 0.167 bits per heavy atom. The first-order chi connectivity index (χ1) is 27.8. The molecule has 0 fully saturated rings. The summed E-state index contributed by atoms with van der Waals surface area (Å²) >= 11 is 0. The van der Waals surface area contributed by atoms with E-state index in [2.05, 4.69) is 243 Å². The Morgan fingerprint density at radius 3 is 0.367 bits per heavy atom. The number of rotatable bonds is 14. The molecular weight excluding hydrogens is 700 g/mol. The van der Waals surface area contributed by atoms with Gasteiger partial charge >= 0.3 is 75.4 Å². The van der Waals surface area contributed by atoms with Crippen molar-refractivity contribution in [1.82, 2.24) is 0 Å². The van der Waals surface area contributed by atoms with Crippen LogP contribution in [0.1, 0.15) is 70.2 Å². The predicted molar refractivity (Wildman–Crippen MR) is 236 cm³/mol. The largest absolute Gasteiger partial charge is 1.00 e. The molecule has 0 aliphatic heterocycles. The van der Waals surface area contributed by atoms with Crippen molar-refractivity contribution in [1.29, 1.82) is 0 Å². The van der Waals surface area contributed by atoms with E-state index in [4.69, 9.17) is 0 Å². The summed E-state index contributed by atoms with van der Waals surface area (Å²) in [5, 5.41) is 0. The van der Waals surface area contributed by atoms with E-state index in [-0.39, 0.29) is 75.4 Å². The average Bonchev–Trinajstić information content (AvgIpc) is 3.29. The number of hydrogen-bond acceptors (Lipinski definition) is 0. The molecule has 0 aliphatic rings. The van der Waals surface area contributed by atoms with Gasteiger partial charge in [0.1, 0.15) is 0 Å². The molecule has 8 rings (SSSR count). The van der Waals surface area contributed by atoms with Crippen LogP contribution in [-0.2, 0) is 0 Å². The summed E-state index contributed by atoms with van der Waals surface area (Å²) in [6.07, 6.45) is 3.97. The molecule has 4 heteroatoms. The van der Waals surface area contributed by atoms with Gasteiger partial charge in [-0.3, -0.25) is 0 Å². The van der Waals surface area contributed by atoms with E-state index in [0.29, 0.717) is 0 Å². The molecule has 0 radical (unpaired) electrons. The molecule has 0 saturated carbocycles. The van der Waals surface area contributed by atoms with Gasteiger partial charge in [0.05, 0.1) is 0 Å². The Labute approximate surface area is 408 Å². The maximum absolute atomic E-state index is 2.22. The van der Waals surface area contributed by atoms with Crippen molar-refractivity contribution >= 4 is 0 Å². The molecule has 8 aromatic carbocycles. The minimum Gasteiger partial charge on any atom is -0.120 e. The Balaban J connectivity index is 0.000000300. The fourth-order valence-electron chi connectivity index (χ4n) is 7.44. The molecule has 0 N–H and O–H groups in total. The summed E-state index contributed by atoms with van der Waals surface area (Å²) in [5.41, 5.74) is 10.4. The molecule has 0 saturated heterocycles. The van der Waals surface area contributed by atoms with Gasteiger partial charge in [-0.1, -0.05) is 171 Å². The summed E-state index contributed by atoms with van der Waals surface area (Å²) in [5.74, 6) is 5.58. The van der Waals surface area contributed by atoms with E-state index in [1.165, 1.54) is 68.2 Å². The van der Waals surface area contributed by atoms with Gasteiger partial charge in [-0.05, 0) is 0 Å². The van der Waals surface area contributed by atoms with Crippen LogP contribution < -0.4 is 75.4 Å². The summed E-state index contributed by atoms with van der Waals surface area (Å²) in [7, 11) is 0. The van der Waals surface area contributed by atoms with Crippen molar-refractivity contribution < 1.29 is 75.4 Å². The molecule has 8 aromatic rings. The standard InChI is InChI=1S/2C28H24.4Li/c2*1-5-13-23(14-6-1)27(24-15-7-2-8-16-24)21-22-28(25-17-9-3-10-18-25)26-19-11-4-12-20-26;;;;/h2*1-20H,21-22H2;;;;/q2*-2;4*+1. The van der Waals surface area contributed by atoms with Gasteiger partial charge < -0.3 is 0 Å². The second-order valence-electron chi connectivity index (χ2n) is 13.8. The van der Waals surface area contributed by atoms with Crippen LogP contribution in [0.2, 0.25) is 0 Å². The van der Waals surface area contributed by atoms with E-state index >= 15 is 0 Å². The van der Waals surface area contributed by atoms with Gasteiger partial charge in [0.15, 0.2) is 0 Å². The zero-order valence-electron chi connectivity index (χ0n) is 35.9. The smallest absolute Gasteiger partial charge is 0.120 e. The van der Waals surface area contributed by atoms with Crippen molar-refractivity contribution in [2.45, 2.75) is 25.7 Å². The summed E-state index contributed by atoms with van der Waals surface area (Å²) in [6, 6.07) is 86.0. The van der Waals surface area contributed by atoms with Crippen molar-refractivity contribution in [3.8, 4) is 0 Å². The zero-order valence-corrected chi connectivity index (χ0v) is 35.9. The molecule has 0 aromatic heterocycles. The molecule has 0 atom stereocenters. The molecule has 0 heterocycles. The Bertz CT molecular complexity index is 1750. The van der Waals surface area contributed by atoms with Crippen LogP contribution in [0.15, 0.2) is 243 Å². The van der Waals surface area contributed by atoms with E-state index in [1.807, 2.05) is 0 Å². The number of benzene rings is 8. The first kappa shape index (κ1) is 50.0. The molecular formula is C56H48Li4. The second-order valence-corrected chi connectivity index (χ2v) is 13.8. The summed E-state index contributed by atoms with van der Waals surface area (Å²) in [4.78, 5) is 0. The van der Waals surface area contributed by atoms with Gasteiger partial charge in [-0.25, -0.2) is 0 Å². The third-order valence-corrected chi connectivity index (χ3v) is 10.2. The van der Waals surface area contributed by atoms with Crippen molar-refractivity contribution in [2.24, 2.45) is 0 Å². The van der Waals surface area contributed by atoms with Crippen LogP contribution in [0, 0.1) is 23.7 Å². The molecule has 276 valence electrons. The maximum Gasteiger partial charge on any atom is 1.00 e. The predicted octanol–water partition coefficient (Wildman–Crippen LogP) is 2.23. The van der Waals surface area contributed by atoms with Gasteiger partial charge in [0, 0.05) is 0 Å². The molecule has 0 aliphatic carbocycles. The topological polar surface area (TPSA) is 0 Å². The second kappa shape index (κ2) is 27.5. The van der Waals surface area contributed by atoms with Gasteiger partial charge in [0.25, 0.3) is 0 Å². The normalized spacial score (nSPS) is 9.73. The fraction of sp³-hybridized carbons (Fsp3) is 0.0714. The molecule has 0 bridgehead atoms. The van der Waals surface area contributed by atoms with E-state index < -0.39 is 0 Å². The molecule has 0 unspecified atom stereocenters. The van der Waals surface area contributed by atoms with Gasteiger partial charge in [-0.15, -0.1) is 165 Å². The Kier molecular flexibility index (Phi) is 22.9. The average molecular weight is 749 g/mol.